The maximum Gasteiger partial charge on any atom is 0.407 e. The second-order valence-electron chi connectivity index (χ2n) is 4.73. The van der Waals surface area contributed by atoms with Gasteiger partial charge in [-0.3, -0.25) is 0 Å². The van der Waals surface area contributed by atoms with E-state index < -0.39 is 0 Å². The van der Waals surface area contributed by atoms with Gasteiger partial charge in [0.25, 0.3) is 0 Å². The summed E-state index contributed by atoms with van der Waals surface area (Å²) in [6.45, 7) is 4.19. The molecule has 0 aromatic carbocycles. The maximum absolute atomic E-state index is 11.5. The molecule has 18 heavy (non-hydrogen) atoms. The Labute approximate surface area is 112 Å². The summed E-state index contributed by atoms with van der Waals surface area (Å²) in [4.78, 5) is 15.1. The van der Waals surface area contributed by atoms with Gasteiger partial charge in [-0.2, -0.15) is 0 Å². The number of piperidine rings is 1. The van der Waals surface area contributed by atoms with Gasteiger partial charge in [0.1, 0.15) is 0 Å². The molecule has 1 aromatic rings. The van der Waals surface area contributed by atoms with Crippen LogP contribution in [0.1, 0.15) is 24.1 Å². The Balaban J connectivity index is 1.94. The molecule has 0 saturated carbocycles. The first kappa shape index (κ1) is 13.4. The number of carbonyl (C=O) groups excluding carboxylic acids is 1. The third-order valence-corrected chi connectivity index (χ3v) is 4.21. The van der Waals surface area contributed by atoms with Crippen LogP contribution in [0.25, 0.3) is 0 Å². The van der Waals surface area contributed by atoms with Crippen LogP contribution in [0.4, 0.5) is 4.79 Å². The number of hydrogen-bond donors (Lipinski definition) is 1. The highest BCUT2D eigenvalue weighted by atomic mass is 32.1. The zero-order valence-corrected chi connectivity index (χ0v) is 11.7. The molecule has 1 saturated heterocycles. The van der Waals surface area contributed by atoms with Crippen molar-refractivity contribution in [3.63, 3.8) is 0 Å². The third kappa shape index (κ3) is 3.46. The van der Waals surface area contributed by atoms with Crippen LogP contribution in [0.5, 0.6) is 0 Å². The van der Waals surface area contributed by atoms with E-state index in [0.29, 0.717) is 12.5 Å². The molecule has 1 aliphatic heterocycles. The van der Waals surface area contributed by atoms with Crippen molar-refractivity contribution >= 4 is 17.4 Å². The number of nitrogens with zero attached hydrogens (tertiary/aromatic N) is 1. The molecule has 2 heterocycles. The van der Waals surface area contributed by atoms with Gasteiger partial charge >= 0.3 is 6.09 Å². The van der Waals surface area contributed by atoms with Gasteiger partial charge in [-0.25, -0.2) is 4.79 Å². The average molecular weight is 268 g/mol. The number of nitrogens with one attached hydrogen (secondary N) is 1. The van der Waals surface area contributed by atoms with Gasteiger partial charge in [0.05, 0.1) is 6.61 Å². The van der Waals surface area contributed by atoms with Gasteiger partial charge in [-0.15, -0.1) is 11.3 Å². The Morgan fingerprint density at radius 3 is 3.11 bits per heavy atom. The maximum atomic E-state index is 11.5. The fraction of sp³-hybridized carbons (Fsp3) is 0.615. The topological polar surface area (TPSA) is 41.6 Å². The van der Waals surface area contributed by atoms with E-state index in [-0.39, 0.29) is 12.1 Å². The molecule has 2 unspecified atom stereocenters. The highest BCUT2D eigenvalue weighted by Crippen LogP contribution is 2.29. The second kappa shape index (κ2) is 6.20. The fourth-order valence-corrected chi connectivity index (χ4v) is 3.33. The summed E-state index contributed by atoms with van der Waals surface area (Å²) in [5, 5.41) is 5.05. The standard InChI is InChI=1S/C13H20N2O2S/c1-3-17-13(16)14-11-7-10(8-15(2)9-11)12-5-4-6-18-12/h4-6,10-11H,3,7-9H2,1-2H3,(H,14,16). The number of rotatable bonds is 3. The van der Waals surface area contributed by atoms with E-state index in [1.165, 1.54) is 4.88 Å². The van der Waals surface area contributed by atoms with E-state index in [2.05, 4.69) is 34.8 Å². The van der Waals surface area contributed by atoms with E-state index >= 15 is 0 Å². The number of likely N-dealkylation sites (N-methyl/N-ethyl adjacent to an activating group) is 1. The molecule has 5 heteroatoms. The summed E-state index contributed by atoms with van der Waals surface area (Å²) >= 11 is 1.79. The van der Waals surface area contributed by atoms with Crippen LogP contribution < -0.4 is 5.32 Å². The Kier molecular flexibility index (Phi) is 4.60. The van der Waals surface area contributed by atoms with Crippen LogP contribution in [0, 0.1) is 0 Å². The molecule has 100 valence electrons. The first-order valence-corrected chi connectivity index (χ1v) is 7.22. The number of amides is 1. The Morgan fingerprint density at radius 1 is 1.61 bits per heavy atom. The van der Waals surface area contributed by atoms with Crippen LogP contribution in [0.3, 0.4) is 0 Å². The number of alkyl carbamates (subject to hydrolysis) is 1. The summed E-state index contributed by atoms with van der Waals surface area (Å²) in [5.74, 6) is 0.510. The predicted molar refractivity (Wildman–Crippen MR) is 73.1 cm³/mol. The second-order valence-corrected chi connectivity index (χ2v) is 5.71. The molecule has 1 fully saturated rings. The van der Waals surface area contributed by atoms with Crippen molar-refractivity contribution in [2.24, 2.45) is 0 Å². The molecule has 1 aromatic heterocycles. The minimum absolute atomic E-state index is 0.176. The van der Waals surface area contributed by atoms with Crippen molar-refractivity contribution in [2.45, 2.75) is 25.3 Å². The van der Waals surface area contributed by atoms with E-state index in [1.54, 1.807) is 11.3 Å². The molecular formula is C13H20N2O2S. The van der Waals surface area contributed by atoms with Crippen molar-refractivity contribution in [3.8, 4) is 0 Å². The lowest BCUT2D eigenvalue weighted by Gasteiger charge is -2.35. The Bertz CT molecular complexity index is 380. The van der Waals surface area contributed by atoms with Crippen LogP contribution in [0.2, 0.25) is 0 Å². The van der Waals surface area contributed by atoms with Crippen LogP contribution in [0.15, 0.2) is 17.5 Å². The molecule has 2 atom stereocenters. The van der Waals surface area contributed by atoms with Crippen LogP contribution in [-0.2, 0) is 4.74 Å². The van der Waals surface area contributed by atoms with E-state index in [0.717, 1.165) is 19.5 Å². The molecule has 2 rings (SSSR count). The molecule has 1 N–H and O–H groups in total. The molecule has 1 aliphatic rings. The third-order valence-electron chi connectivity index (χ3n) is 3.18. The minimum atomic E-state index is -0.303. The fourth-order valence-electron chi connectivity index (χ4n) is 2.49. The van der Waals surface area contributed by atoms with Crippen LogP contribution >= 0.6 is 11.3 Å². The van der Waals surface area contributed by atoms with E-state index in [1.807, 2.05) is 6.92 Å². The molecule has 4 nitrogen and oxygen atoms in total. The zero-order chi connectivity index (χ0) is 13.0. The molecule has 1 amide bonds. The normalized spacial score (nSPS) is 24.8. The highest BCUT2D eigenvalue weighted by molar-refractivity contribution is 7.10. The van der Waals surface area contributed by atoms with Gasteiger partial charge in [-0.1, -0.05) is 6.07 Å². The lowest BCUT2D eigenvalue weighted by Crippen LogP contribution is -2.48. The smallest absolute Gasteiger partial charge is 0.407 e. The quantitative estimate of drug-likeness (QED) is 0.914. The lowest BCUT2D eigenvalue weighted by molar-refractivity contribution is 0.136. The Morgan fingerprint density at radius 2 is 2.44 bits per heavy atom. The lowest BCUT2D eigenvalue weighted by atomic mass is 9.93. The summed E-state index contributed by atoms with van der Waals surface area (Å²) in [6.07, 6.45) is 0.687. The number of ether oxygens (including phenoxy) is 1. The molecule has 0 bridgehead atoms. The highest BCUT2D eigenvalue weighted by Gasteiger charge is 2.28. The number of carbonyl (C=O) groups is 1. The molecule has 0 radical (unpaired) electrons. The summed E-state index contributed by atoms with van der Waals surface area (Å²) in [6, 6.07) is 4.44. The largest absolute Gasteiger partial charge is 0.450 e. The Hall–Kier alpha value is -1.07. The number of thiophene rings is 1. The van der Waals surface area contributed by atoms with Gasteiger partial charge in [0, 0.05) is 29.9 Å². The summed E-state index contributed by atoms with van der Waals surface area (Å²) in [5.41, 5.74) is 0. The monoisotopic (exact) mass is 268 g/mol. The number of likely N-dealkylation sites (tertiary alicyclic amines) is 1. The van der Waals surface area contributed by atoms with Crippen molar-refractivity contribution in [1.29, 1.82) is 0 Å². The first-order chi connectivity index (χ1) is 8.69. The van der Waals surface area contributed by atoms with Gasteiger partial charge in [0.15, 0.2) is 0 Å². The SMILES string of the molecule is CCOC(=O)NC1CC(c2cccs2)CN(C)C1. The van der Waals surface area contributed by atoms with Gasteiger partial charge in [-0.05, 0) is 31.8 Å². The van der Waals surface area contributed by atoms with E-state index in [4.69, 9.17) is 4.74 Å². The predicted octanol–water partition coefficient (Wildman–Crippen LogP) is 2.28. The average Bonchev–Trinajstić information content (AvgIpc) is 2.81. The first-order valence-electron chi connectivity index (χ1n) is 6.34. The molecule has 0 spiro atoms. The minimum Gasteiger partial charge on any atom is -0.450 e. The summed E-state index contributed by atoms with van der Waals surface area (Å²) < 4.78 is 4.94. The van der Waals surface area contributed by atoms with Crippen LogP contribution in [-0.4, -0.2) is 43.8 Å². The van der Waals surface area contributed by atoms with Crippen molar-refractivity contribution in [1.82, 2.24) is 10.2 Å². The van der Waals surface area contributed by atoms with E-state index in [9.17, 15) is 4.79 Å². The number of hydrogen-bond acceptors (Lipinski definition) is 4. The van der Waals surface area contributed by atoms with Crippen molar-refractivity contribution < 1.29 is 9.53 Å². The summed E-state index contributed by atoms with van der Waals surface area (Å²) in [7, 11) is 2.10. The molecular weight excluding hydrogens is 248 g/mol. The van der Waals surface area contributed by atoms with Crippen molar-refractivity contribution in [3.05, 3.63) is 22.4 Å². The zero-order valence-electron chi connectivity index (χ0n) is 10.9. The van der Waals surface area contributed by atoms with Crippen molar-refractivity contribution in [2.75, 3.05) is 26.7 Å². The molecule has 0 aliphatic carbocycles. The van der Waals surface area contributed by atoms with Gasteiger partial charge < -0.3 is 15.0 Å². The van der Waals surface area contributed by atoms with Gasteiger partial charge in [0.2, 0.25) is 0 Å².